The molecular formula is C15H21BrN2O2S. The predicted molar refractivity (Wildman–Crippen MR) is 86.9 cm³/mol. The smallest absolute Gasteiger partial charge is 0.243 e. The van der Waals surface area contributed by atoms with Crippen molar-refractivity contribution < 1.29 is 8.42 Å². The van der Waals surface area contributed by atoms with E-state index in [-0.39, 0.29) is 0 Å². The zero-order valence-corrected chi connectivity index (χ0v) is 14.8. The van der Waals surface area contributed by atoms with Crippen LogP contribution in [0.25, 0.3) is 0 Å². The second-order valence-electron chi connectivity index (χ2n) is 6.16. The third-order valence-corrected chi connectivity index (χ3v) is 7.42. The monoisotopic (exact) mass is 372 g/mol. The van der Waals surface area contributed by atoms with Crippen LogP contribution in [0.3, 0.4) is 0 Å². The molecule has 0 saturated carbocycles. The molecule has 2 heterocycles. The van der Waals surface area contributed by atoms with Crippen molar-refractivity contribution >= 4 is 26.0 Å². The molecule has 2 aliphatic heterocycles. The number of hydrogen-bond acceptors (Lipinski definition) is 3. The van der Waals surface area contributed by atoms with Gasteiger partial charge in [0.15, 0.2) is 0 Å². The van der Waals surface area contributed by atoms with Gasteiger partial charge in [-0.15, -0.1) is 0 Å². The van der Waals surface area contributed by atoms with E-state index in [0.717, 1.165) is 28.4 Å². The standard InChI is InChI=1S/C15H21BrN2O2S/c1-10-8-15(11(2)7-14(10)16)21(19,20)18-6-5-12-3-4-13(9-18)17-12/h7-8,12-13,17H,3-6,9H2,1-2H3. The molecule has 6 heteroatoms. The average Bonchev–Trinajstić information content (AvgIpc) is 2.72. The number of nitrogens with one attached hydrogen (secondary N) is 1. The minimum absolute atomic E-state index is 0.309. The average molecular weight is 373 g/mol. The molecule has 2 saturated heterocycles. The lowest BCUT2D eigenvalue weighted by Gasteiger charge is -2.24. The molecule has 1 N–H and O–H groups in total. The SMILES string of the molecule is Cc1cc(S(=O)(=O)N2CCC3CCC(C2)N3)c(C)cc1Br. The molecule has 2 atom stereocenters. The van der Waals surface area contributed by atoms with Crippen molar-refractivity contribution in [2.24, 2.45) is 0 Å². The van der Waals surface area contributed by atoms with E-state index in [2.05, 4.69) is 21.2 Å². The first-order valence-electron chi connectivity index (χ1n) is 7.41. The number of benzene rings is 1. The highest BCUT2D eigenvalue weighted by Crippen LogP contribution is 2.29. The molecule has 21 heavy (non-hydrogen) atoms. The van der Waals surface area contributed by atoms with Crippen molar-refractivity contribution in [1.82, 2.24) is 9.62 Å². The van der Waals surface area contributed by atoms with Gasteiger partial charge in [-0.05, 0) is 56.4 Å². The summed E-state index contributed by atoms with van der Waals surface area (Å²) in [5.74, 6) is 0. The van der Waals surface area contributed by atoms with Crippen molar-refractivity contribution in [3.63, 3.8) is 0 Å². The molecule has 4 nitrogen and oxygen atoms in total. The molecular weight excluding hydrogens is 352 g/mol. The summed E-state index contributed by atoms with van der Waals surface area (Å²) in [5.41, 5.74) is 1.75. The Hall–Kier alpha value is -0.430. The van der Waals surface area contributed by atoms with Gasteiger partial charge in [0.2, 0.25) is 10.0 Å². The minimum atomic E-state index is -3.41. The van der Waals surface area contributed by atoms with E-state index in [1.165, 1.54) is 6.42 Å². The van der Waals surface area contributed by atoms with Gasteiger partial charge in [-0.25, -0.2) is 8.42 Å². The fourth-order valence-electron chi connectivity index (χ4n) is 3.30. The molecule has 116 valence electrons. The maximum atomic E-state index is 13.0. The van der Waals surface area contributed by atoms with Crippen LogP contribution in [-0.2, 0) is 10.0 Å². The van der Waals surface area contributed by atoms with Gasteiger partial charge in [0, 0.05) is 29.6 Å². The van der Waals surface area contributed by atoms with E-state index in [4.69, 9.17) is 0 Å². The summed E-state index contributed by atoms with van der Waals surface area (Å²) in [6, 6.07) is 4.47. The molecule has 1 aromatic carbocycles. The lowest BCUT2D eigenvalue weighted by molar-refractivity contribution is 0.383. The van der Waals surface area contributed by atoms with Crippen molar-refractivity contribution in [2.75, 3.05) is 13.1 Å². The van der Waals surface area contributed by atoms with Crippen LogP contribution in [0.15, 0.2) is 21.5 Å². The summed E-state index contributed by atoms with van der Waals surface area (Å²) in [4.78, 5) is 0.445. The minimum Gasteiger partial charge on any atom is -0.310 e. The number of nitrogens with zero attached hydrogens (tertiary/aromatic N) is 1. The Labute approximate surface area is 135 Å². The van der Waals surface area contributed by atoms with Crippen molar-refractivity contribution in [2.45, 2.75) is 50.1 Å². The van der Waals surface area contributed by atoms with Gasteiger partial charge >= 0.3 is 0 Å². The summed E-state index contributed by atoms with van der Waals surface area (Å²) in [6.45, 7) is 4.99. The largest absolute Gasteiger partial charge is 0.310 e. The van der Waals surface area contributed by atoms with Gasteiger partial charge in [0.1, 0.15) is 0 Å². The fraction of sp³-hybridized carbons (Fsp3) is 0.600. The first-order valence-corrected chi connectivity index (χ1v) is 9.64. The summed E-state index contributed by atoms with van der Waals surface area (Å²) in [6.07, 6.45) is 3.16. The summed E-state index contributed by atoms with van der Waals surface area (Å²) in [7, 11) is -3.41. The molecule has 2 fully saturated rings. The Morgan fingerprint density at radius 2 is 1.86 bits per heavy atom. The van der Waals surface area contributed by atoms with Crippen LogP contribution in [0.5, 0.6) is 0 Å². The second-order valence-corrected chi connectivity index (χ2v) is 8.92. The molecule has 2 bridgehead atoms. The molecule has 0 amide bonds. The van der Waals surface area contributed by atoms with Crippen LogP contribution in [0.2, 0.25) is 0 Å². The highest BCUT2D eigenvalue weighted by molar-refractivity contribution is 9.10. The van der Waals surface area contributed by atoms with Gasteiger partial charge in [-0.3, -0.25) is 0 Å². The molecule has 0 radical (unpaired) electrons. The fourth-order valence-corrected chi connectivity index (χ4v) is 5.55. The van der Waals surface area contributed by atoms with Crippen molar-refractivity contribution in [1.29, 1.82) is 0 Å². The van der Waals surface area contributed by atoms with Gasteiger partial charge in [-0.2, -0.15) is 4.31 Å². The Morgan fingerprint density at radius 1 is 1.14 bits per heavy atom. The number of aryl methyl sites for hydroxylation is 2. The van der Waals surface area contributed by atoms with E-state index in [9.17, 15) is 8.42 Å². The maximum absolute atomic E-state index is 13.0. The van der Waals surface area contributed by atoms with Crippen LogP contribution in [0.4, 0.5) is 0 Å². The van der Waals surface area contributed by atoms with Crippen LogP contribution in [0, 0.1) is 13.8 Å². The third kappa shape index (κ3) is 2.91. The van der Waals surface area contributed by atoms with Crippen LogP contribution in [0.1, 0.15) is 30.4 Å². The number of sulfonamides is 1. The lowest BCUT2D eigenvalue weighted by atomic mass is 10.1. The zero-order valence-electron chi connectivity index (χ0n) is 12.4. The highest BCUT2D eigenvalue weighted by atomic mass is 79.9. The molecule has 2 aliphatic rings. The first-order chi connectivity index (χ1) is 9.88. The van der Waals surface area contributed by atoms with Gasteiger partial charge in [0.05, 0.1) is 4.90 Å². The van der Waals surface area contributed by atoms with Crippen LogP contribution < -0.4 is 5.32 Å². The van der Waals surface area contributed by atoms with E-state index < -0.39 is 10.0 Å². The summed E-state index contributed by atoms with van der Waals surface area (Å²) >= 11 is 3.46. The van der Waals surface area contributed by atoms with Gasteiger partial charge < -0.3 is 5.32 Å². The second kappa shape index (κ2) is 5.65. The summed E-state index contributed by atoms with van der Waals surface area (Å²) in [5, 5.41) is 3.53. The normalized spacial score (nSPS) is 26.8. The van der Waals surface area contributed by atoms with Crippen molar-refractivity contribution in [3.05, 3.63) is 27.7 Å². The van der Waals surface area contributed by atoms with E-state index in [0.29, 0.717) is 30.1 Å². The van der Waals surface area contributed by atoms with E-state index in [1.54, 1.807) is 10.4 Å². The Kier molecular flexibility index (Phi) is 4.16. The van der Waals surface area contributed by atoms with Gasteiger partial charge in [-0.1, -0.05) is 15.9 Å². The van der Waals surface area contributed by atoms with Crippen molar-refractivity contribution in [3.8, 4) is 0 Å². The quantitative estimate of drug-likeness (QED) is 0.867. The number of hydrogen-bond donors (Lipinski definition) is 1. The zero-order chi connectivity index (χ0) is 15.2. The van der Waals surface area contributed by atoms with Crippen LogP contribution in [-0.4, -0.2) is 37.9 Å². The molecule has 1 aromatic rings. The topological polar surface area (TPSA) is 49.4 Å². The first kappa shape index (κ1) is 15.5. The van der Waals surface area contributed by atoms with E-state index >= 15 is 0 Å². The molecule has 2 unspecified atom stereocenters. The molecule has 0 aromatic heterocycles. The molecule has 0 aliphatic carbocycles. The van der Waals surface area contributed by atoms with E-state index in [1.807, 2.05) is 19.9 Å². The van der Waals surface area contributed by atoms with Crippen LogP contribution >= 0.6 is 15.9 Å². The maximum Gasteiger partial charge on any atom is 0.243 e. The summed E-state index contributed by atoms with van der Waals surface area (Å²) < 4.78 is 28.6. The molecule has 3 rings (SSSR count). The Bertz CT molecular complexity index is 660. The predicted octanol–water partition coefficient (Wildman–Crippen LogP) is 2.58. The number of fused-ring (bicyclic) bond motifs is 2. The number of halogens is 1. The molecule has 0 spiro atoms. The lowest BCUT2D eigenvalue weighted by Crippen LogP contribution is -2.39. The number of rotatable bonds is 2. The third-order valence-electron chi connectivity index (χ3n) is 4.56. The van der Waals surface area contributed by atoms with Gasteiger partial charge in [0.25, 0.3) is 0 Å². The Morgan fingerprint density at radius 3 is 2.62 bits per heavy atom. The highest BCUT2D eigenvalue weighted by Gasteiger charge is 2.35. The Balaban J connectivity index is 1.95.